The SMILES string of the molecule is C=CCN(CC=C)S(=O)(=O)c1ccc2nc(NC(=O)COc3ccc(C)cc3)sc2c1. The van der Waals surface area contributed by atoms with Crippen molar-refractivity contribution in [3.05, 3.63) is 73.3 Å². The predicted molar refractivity (Wildman–Crippen MR) is 124 cm³/mol. The fourth-order valence-corrected chi connectivity index (χ4v) is 5.17. The van der Waals surface area contributed by atoms with Crippen LogP contribution in [0.5, 0.6) is 5.75 Å². The van der Waals surface area contributed by atoms with Gasteiger partial charge in [-0.25, -0.2) is 13.4 Å². The summed E-state index contributed by atoms with van der Waals surface area (Å²) in [4.78, 5) is 16.7. The average Bonchev–Trinajstić information content (AvgIpc) is 3.14. The quantitative estimate of drug-likeness (QED) is 0.465. The highest BCUT2D eigenvalue weighted by Crippen LogP contribution is 2.29. The van der Waals surface area contributed by atoms with E-state index in [2.05, 4.69) is 23.5 Å². The Bertz CT molecular complexity index is 1190. The van der Waals surface area contributed by atoms with Gasteiger partial charge in [-0.3, -0.25) is 10.1 Å². The van der Waals surface area contributed by atoms with Crippen LogP contribution in [0.25, 0.3) is 10.2 Å². The Hall–Kier alpha value is -3.01. The molecular weight excluding hydrogens is 434 g/mol. The van der Waals surface area contributed by atoms with Crippen LogP contribution in [0, 0.1) is 6.92 Å². The van der Waals surface area contributed by atoms with Crippen LogP contribution in [0.1, 0.15) is 5.56 Å². The number of fused-ring (bicyclic) bond motifs is 1. The van der Waals surface area contributed by atoms with E-state index in [1.165, 1.54) is 33.9 Å². The highest BCUT2D eigenvalue weighted by atomic mass is 32.2. The van der Waals surface area contributed by atoms with E-state index < -0.39 is 10.0 Å². The zero-order valence-electron chi connectivity index (χ0n) is 17.1. The Kier molecular flexibility index (Phi) is 7.21. The summed E-state index contributed by atoms with van der Waals surface area (Å²) in [7, 11) is -3.71. The molecule has 0 atom stereocenters. The van der Waals surface area contributed by atoms with Gasteiger partial charge in [-0.2, -0.15) is 4.31 Å². The van der Waals surface area contributed by atoms with Crippen molar-refractivity contribution in [3.63, 3.8) is 0 Å². The molecule has 3 aromatic rings. The molecule has 1 aromatic heterocycles. The minimum atomic E-state index is -3.71. The maximum Gasteiger partial charge on any atom is 0.264 e. The molecule has 0 aliphatic rings. The second kappa shape index (κ2) is 9.86. The first-order chi connectivity index (χ1) is 14.8. The number of carbonyl (C=O) groups excluding carboxylic acids is 1. The highest BCUT2D eigenvalue weighted by molar-refractivity contribution is 7.89. The first kappa shape index (κ1) is 22.7. The Morgan fingerprint density at radius 2 is 1.84 bits per heavy atom. The van der Waals surface area contributed by atoms with Gasteiger partial charge < -0.3 is 4.74 Å². The third-order valence-electron chi connectivity index (χ3n) is 4.30. The van der Waals surface area contributed by atoms with Crippen molar-refractivity contribution in [1.82, 2.24) is 9.29 Å². The van der Waals surface area contributed by atoms with Crippen LogP contribution in [0.3, 0.4) is 0 Å². The van der Waals surface area contributed by atoms with Crippen LogP contribution in [-0.4, -0.2) is 43.3 Å². The van der Waals surface area contributed by atoms with Crippen molar-refractivity contribution in [2.45, 2.75) is 11.8 Å². The molecule has 0 aliphatic carbocycles. The molecule has 162 valence electrons. The van der Waals surface area contributed by atoms with E-state index in [0.717, 1.165) is 5.56 Å². The number of ether oxygens (including phenoxy) is 1. The summed E-state index contributed by atoms with van der Waals surface area (Å²) < 4.78 is 33.2. The molecule has 3 rings (SSSR count). The van der Waals surface area contributed by atoms with Crippen LogP contribution in [-0.2, 0) is 14.8 Å². The fraction of sp³-hybridized carbons (Fsp3) is 0.182. The molecule has 0 radical (unpaired) electrons. The van der Waals surface area contributed by atoms with Gasteiger partial charge in [0, 0.05) is 13.1 Å². The standard InChI is InChI=1S/C22H23N3O4S2/c1-4-12-25(13-5-2)31(27,28)18-10-11-19-20(14-18)30-22(23-19)24-21(26)15-29-17-8-6-16(3)7-9-17/h4-11,14H,1-2,12-13,15H2,3H3,(H,23,24,26). The molecule has 0 saturated heterocycles. The van der Waals surface area contributed by atoms with E-state index >= 15 is 0 Å². The van der Waals surface area contributed by atoms with Gasteiger partial charge in [-0.1, -0.05) is 41.2 Å². The summed E-state index contributed by atoms with van der Waals surface area (Å²) in [5.41, 5.74) is 1.70. The Labute approximate surface area is 185 Å². The number of hydrogen-bond donors (Lipinski definition) is 1. The third-order valence-corrected chi connectivity index (χ3v) is 7.06. The lowest BCUT2D eigenvalue weighted by Crippen LogP contribution is -2.31. The van der Waals surface area contributed by atoms with E-state index in [0.29, 0.717) is 21.1 Å². The van der Waals surface area contributed by atoms with Gasteiger partial charge in [0.2, 0.25) is 10.0 Å². The van der Waals surface area contributed by atoms with E-state index in [-0.39, 0.29) is 30.5 Å². The Balaban J connectivity index is 1.72. The topological polar surface area (TPSA) is 88.6 Å². The van der Waals surface area contributed by atoms with E-state index in [4.69, 9.17) is 4.74 Å². The van der Waals surface area contributed by atoms with Crippen molar-refractivity contribution < 1.29 is 17.9 Å². The molecule has 0 bridgehead atoms. The minimum Gasteiger partial charge on any atom is -0.484 e. The molecule has 0 fully saturated rings. The predicted octanol–water partition coefficient (Wildman–Crippen LogP) is 3.98. The fourth-order valence-electron chi connectivity index (χ4n) is 2.77. The van der Waals surface area contributed by atoms with Crippen LogP contribution in [0.4, 0.5) is 5.13 Å². The van der Waals surface area contributed by atoms with Crippen LogP contribution in [0.15, 0.2) is 72.7 Å². The Morgan fingerprint density at radius 1 is 1.16 bits per heavy atom. The van der Waals surface area contributed by atoms with Crippen molar-refractivity contribution in [3.8, 4) is 5.75 Å². The molecule has 31 heavy (non-hydrogen) atoms. The highest BCUT2D eigenvalue weighted by Gasteiger charge is 2.23. The summed E-state index contributed by atoms with van der Waals surface area (Å²) in [6.45, 7) is 9.39. The monoisotopic (exact) mass is 457 g/mol. The molecule has 0 spiro atoms. The number of rotatable bonds is 10. The van der Waals surface area contributed by atoms with Crippen molar-refractivity contribution in [1.29, 1.82) is 0 Å². The van der Waals surface area contributed by atoms with E-state index in [1.807, 2.05) is 19.1 Å². The largest absolute Gasteiger partial charge is 0.484 e. The summed E-state index contributed by atoms with van der Waals surface area (Å²) in [6, 6.07) is 12.1. The number of aromatic nitrogens is 1. The molecule has 1 amide bonds. The van der Waals surface area contributed by atoms with Crippen LogP contribution >= 0.6 is 11.3 Å². The van der Waals surface area contributed by atoms with Crippen LogP contribution in [0.2, 0.25) is 0 Å². The Morgan fingerprint density at radius 3 is 2.48 bits per heavy atom. The third kappa shape index (κ3) is 5.57. The van der Waals surface area contributed by atoms with E-state index in [1.54, 1.807) is 24.3 Å². The molecule has 7 nitrogen and oxygen atoms in total. The van der Waals surface area contributed by atoms with Gasteiger partial charge in [0.1, 0.15) is 5.75 Å². The van der Waals surface area contributed by atoms with Gasteiger partial charge in [0.25, 0.3) is 5.91 Å². The number of thiazole rings is 1. The molecule has 0 aliphatic heterocycles. The first-order valence-electron chi connectivity index (χ1n) is 9.45. The second-order valence-electron chi connectivity index (χ2n) is 6.70. The number of hydrogen-bond acceptors (Lipinski definition) is 6. The van der Waals surface area contributed by atoms with Crippen molar-refractivity contribution in [2.75, 3.05) is 25.0 Å². The van der Waals surface area contributed by atoms with E-state index in [9.17, 15) is 13.2 Å². The molecule has 0 unspecified atom stereocenters. The van der Waals surface area contributed by atoms with Crippen molar-refractivity contribution in [2.24, 2.45) is 0 Å². The van der Waals surface area contributed by atoms with Crippen molar-refractivity contribution >= 4 is 42.6 Å². The second-order valence-corrected chi connectivity index (χ2v) is 9.67. The number of carbonyl (C=O) groups is 1. The number of nitrogens with one attached hydrogen (secondary N) is 1. The number of aryl methyl sites for hydroxylation is 1. The molecule has 1 N–H and O–H groups in total. The maximum atomic E-state index is 12.9. The molecule has 1 heterocycles. The lowest BCUT2D eigenvalue weighted by Gasteiger charge is -2.18. The van der Waals surface area contributed by atoms with Gasteiger partial charge in [0.15, 0.2) is 11.7 Å². The number of nitrogens with zero attached hydrogens (tertiary/aromatic N) is 2. The summed E-state index contributed by atoms with van der Waals surface area (Å²) >= 11 is 1.20. The average molecular weight is 458 g/mol. The zero-order chi connectivity index (χ0) is 22.4. The molecule has 2 aromatic carbocycles. The maximum absolute atomic E-state index is 12.9. The normalized spacial score (nSPS) is 11.4. The van der Waals surface area contributed by atoms with Crippen LogP contribution < -0.4 is 10.1 Å². The minimum absolute atomic E-state index is 0.146. The lowest BCUT2D eigenvalue weighted by molar-refractivity contribution is -0.118. The summed E-state index contributed by atoms with van der Waals surface area (Å²) in [5, 5.41) is 3.06. The summed E-state index contributed by atoms with van der Waals surface area (Å²) in [6.07, 6.45) is 3.05. The van der Waals surface area contributed by atoms with Gasteiger partial charge in [-0.15, -0.1) is 13.2 Å². The molecular formula is C22H23N3O4S2. The number of sulfonamides is 1. The number of amides is 1. The summed E-state index contributed by atoms with van der Waals surface area (Å²) in [5.74, 6) is 0.249. The lowest BCUT2D eigenvalue weighted by atomic mass is 10.2. The molecule has 0 saturated carbocycles. The number of anilines is 1. The number of benzene rings is 2. The van der Waals surface area contributed by atoms with Gasteiger partial charge in [-0.05, 0) is 37.3 Å². The molecule has 9 heteroatoms. The zero-order valence-corrected chi connectivity index (χ0v) is 18.7. The smallest absolute Gasteiger partial charge is 0.264 e. The van der Waals surface area contributed by atoms with Gasteiger partial charge in [0.05, 0.1) is 15.1 Å². The van der Waals surface area contributed by atoms with Gasteiger partial charge >= 0.3 is 0 Å². The first-order valence-corrected chi connectivity index (χ1v) is 11.7.